The first-order chi connectivity index (χ1) is 10.3. The molecule has 0 bridgehead atoms. The van der Waals surface area contributed by atoms with Crippen molar-refractivity contribution in [2.75, 3.05) is 0 Å². The molecule has 3 heteroatoms. The second-order valence-electron chi connectivity index (χ2n) is 5.21. The zero-order chi connectivity index (χ0) is 14.2. The van der Waals surface area contributed by atoms with Gasteiger partial charge >= 0.3 is 0 Å². The summed E-state index contributed by atoms with van der Waals surface area (Å²) in [6.07, 6.45) is 0. The van der Waals surface area contributed by atoms with E-state index >= 15 is 0 Å². The SMILES string of the molecule is Oc1ccc2ccccc2c1-c1cccc2ccccc12.[Na].[Na]. The van der Waals surface area contributed by atoms with Gasteiger partial charge in [-0.1, -0.05) is 72.8 Å². The summed E-state index contributed by atoms with van der Waals surface area (Å²) >= 11 is 0. The van der Waals surface area contributed by atoms with Crippen molar-refractivity contribution in [2.45, 2.75) is 0 Å². The Morgan fingerprint density at radius 2 is 1.09 bits per heavy atom. The first kappa shape index (κ1) is 18.5. The number of benzene rings is 4. The van der Waals surface area contributed by atoms with E-state index in [-0.39, 0.29) is 59.1 Å². The molecule has 0 atom stereocenters. The molecule has 0 aromatic heterocycles. The van der Waals surface area contributed by atoms with Crippen molar-refractivity contribution in [3.63, 3.8) is 0 Å². The van der Waals surface area contributed by atoms with Gasteiger partial charge in [0.25, 0.3) is 0 Å². The average Bonchev–Trinajstić information content (AvgIpc) is 2.54. The number of hydrogen-bond acceptors (Lipinski definition) is 1. The summed E-state index contributed by atoms with van der Waals surface area (Å²) in [6.45, 7) is 0. The standard InChI is InChI=1S/C20H14O.2Na/c21-19-13-12-15-7-2-4-10-17(15)20(19)18-11-5-8-14-6-1-3-9-16(14)18;;/h1-13,21H;;. The van der Waals surface area contributed by atoms with Gasteiger partial charge in [0.05, 0.1) is 0 Å². The number of phenols is 1. The molecule has 0 aliphatic carbocycles. The Labute approximate surface area is 179 Å². The first-order valence-electron chi connectivity index (χ1n) is 7.03. The van der Waals surface area contributed by atoms with Crippen LogP contribution in [-0.2, 0) is 0 Å². The fourth-order valence-corrected chi connectivity index (χ4v) is 2.99. The van der Waals surface area contributed by atoms with Crippen LogP contribution in [0.5, 0.6) is 5.75 Å². The molecule has 0 saturated carbocycles. The summed E-state index contributed by atoms with van der Waals surface area (Å²) in [5.41, 5.74) is 1.98. The summed E-state index contributed by atoms with van der Waals surface area (Å²) in [5, 5.41) is 15.0. The van der Waals surface area contributed by atoms with Crippen molar-refractivity contribution in [3.05, 3.63) is 78.9 Å². The molecule has 0 aliphatic heterocycles. The molecular formula is C20H14Na2O. The van der Waals surface area contributed by atoms with Gasteiger partial charge in [-0.2, -0.15) is 0 Å². The number of rotatable bonds is 1. The summed E-state index contributed by atoms with van der Waals surface area (Å²) in [5.74, 6) is 0.324. The molecule has 4 aromatic carbocycles. The van der Waals surface area contributed by atoms with E-state index < -0.39 is 0 Å². The Morgan fingerprint density at radius 1 is 0.522 bits per heavy atom. The largest absolute Gasteiger partial charge is 0.507 e. The maximum Gasteiger partial charge on any atom is 0.124 e. The Morgan fingerprint density at radius 3 is 1.83 bits per heavy atom. The average molecular weight is 316 g/mol. The molecule has 0 fully saturated rings. The van der Waals surface area contributed by atoms with Crippen molar-refractivity contribution in [1.82, 2.24) is 0 Å². The van der Waals surface area contributed by atoms with Gasteiger partial charge < -0.3 is 5.11 Å². The quantitative estimate of drug-likeness (QED) is 0.509. The fourth-order valence-electron chi connectivity index (χ4n) is 2.99. The fraction of sp³-hybridized carbons (Fsp3) is 0. The molecule has 23 heavy (non-hydrogen) atoms. The minimum absolute atomic E-state index is 0. The molecule has 2 radical (unpaired) electrons. The number of fused-ring (bicyclic) bond motifs is 2. The second-order valence-corrected chi connectivity index (χ2v) is 5.21. The van der Waals surface area contributed by atoms with Gasteiger partial charge in [0.15, 0.2) is 0 Å². The number of phenolic OH excluding ortho intramolecular Hbond substituents is 1. The Balaban J connectivity index is 0.000000960. The van der Waals surface area contributed by atoms with E-state index in [1.807, 2.05) is 36.4 Å². The van der Waals surface area contributed by atoms with E-state index in [2.05, 4.69) is 36.4 Å². The summed E-state index contributed by atoms with van der Waals surface area (Å²) in [4.78, 5) is 0. The molecule has 0 saturated heterocycles. The molecule has 0 amide bonds. The predicted molar refractivity (Wildman–Crippen MR) is 100 cm³/mol. The molecule has 1 nitrogen and oxygen atoms in total. The number of hydrogen-bond donors (Lipinski definition) is 1. The predicted octanol–water partition coefficient (Wildman–Crippen LogP) is 4.60. The van der Waals surface area contributed by atoms with Gasteiger partial charge in [-0.05, 0) is 33.2 Å². The van der Waals surface area contributed by atoms with Crippen LogP contribution in [0, 0.1) is 0 Å². The van der Waals surface area contributed by atoms with E-state index in [0.29, 0.717) is 5.75 Å². The maximum absolute atomic E-state index is 10.4. The minimum atomic E-state index is 0. The van der Waals surface area contributed by atoms with Crippen LogP contribution in [0.3, 0.4) is 0 Å². The van der Waals surface area contributed by atoms with Gasteiger partial charge in [-0.25, -0.2) is 0 Å². The van der Waals surface area contributed by atoms with E-state index in [1.165, 1.54) is 5.39 Å². The molecule has 4 rings (SSSR count). The maximum atomic E-state index is 10.4. The number of aromatic hydroxyl groups is 1. The second kappa shape index (κ2) is 7.85. The van der Waals surface area contributed by atoms with Gasteiger partial charge in [-0.3, -0.25) is 0 Å². The van der Waals surface area contributed by atoms with Crippen LogP contribution in [0.15, 0.2) is 78.9 Å². The van der Waals surface area contributed by atoms with Crippen molar-refractivity contribution in [3.8, 4) is 16.9 Å². The molecule has 1 N–H and O–H groups in total. The molecule has 0 spiro atoms. The van der Waals surface area contributed by atoms with Crippen LogP contribution in [0.2, 0.25) is 0 Å². The minimum Gasteiger partial charge on any atom is -0.507 e. The van der Waals surface area contributed by atoms with E-state index in [4.69, 9.17) is 0 Å². The molecule has 0 unspecified atom stereocenters. The van der Waals surface area contributed by atoms with Crippen LogP contribution in [-0.4, -0.2) is 64.2 Å². The Bertz CT molecular complexity index is 958. The molecule has 0 heterocycles. The summed E-state index contributed by atoms with van der Waals surface area (Å²) in [7, 11) is 0. The van der Waals surface area contributed by atoms with Gasteiger partial charge in [0.2, 0.25) is 0 Å². The zero-order valence-corrected chi connectivity index (χ0v) is 17.5. The van der Waals surface area contributed by atoms with Crippen molar-refractivity contribution >= 4 is 80.7 Å². The smallest absolute Gasteiger partial charge is 0.124 e. The Hall–Kier alpha value is -0.800. The van der Waals surface area contributed by atoms with Gasteiger partial charge in [0.1, 0.15) is 5.75 Å². The third kappa shape index (κ3) is 3.36. The van der Waals surface area contributed by atoms with Crippen LogP contribution in [0.4, 0.5) is 0 Å². The van der Waals surface area contributed by atoms with E-state index in [9.17, 15) is 5.11 Å². The van der Waals surface area contributed by atoms with Crippen LogP contribution in [0.25, 0.3) is 32.7 Å². The third-order valence-corrected chi connectivity index (χ3v) is 3.97. The van der Waals surface area contributed by atoms with Crippen molar-refractivity contribution in [1.29, 1.82) is 0 Å². The van der Waals surface area contributed by atoms with Crippen molar-refractivity contribution < 1.29 is 5.11 Å². The topological polar surface area (TPSA) is 20.2 Å². The molecule has 4 aromatic rings. The summed E-state index contributed by atoms with van der Waals surface area (Å²) in [6, 6.07) is 26.4. The van der Waals surface area contributed by atoms with Crippen molar-refractivity contribution in [2.24, 2.45) is 0 Å². The normalized spacial score (nSPS) is 10.1. The molecule has 0 aliphatic rings. The van der Waals surface area contributed by atoms with Crippen LogP contribution in [0.1, 0.15) is 0 Å². The van der Waals surface area contributed by atoms with Crippen LogP contribution < -0.4 is 0 Å². The zero-order valence-electron chi connectivity index (χ0n) is 13.5. The Kier molecular flexibility index (Phi) is 6.33. The van der Waals surface area contributed by atoms with Gasteiger partial charge in [0, 0.05) is 64.7 Å². The monoisotopic (exact) mass is 316 g/mol. The third-order valence-electron chi connectivity index (χ3n) is 3.97. The first-order valence-corrected chi connectivity index (χ1v) is 7.03. The summed E-state index contributed by atoms with van der Waals surface area (Å²) < 4.78 is 0. The van der Waals surface area contributed by atoms with E-state index in [0.717, 1.165) is 27.3 Å². The van der Waals surface area contributed by atoms with Crippen LogP contribution >= 0.6 is 0 Å². The molecule has 102 valence electrons. The van der Waals surface area contributed by atoms with E-state index in [1.54, 1.807) is 6.07 Å². The molecular weight excluding hydrogens is 302 g/mol. The van der Waals surface area contributed by atoms with Gasteiger partial charge in [-0.15, -0.1) is 0 Å².